The first-order chi connectivity index (χ1) is 16.7. The number of thioether (sulfide) groups is 1. The van der Waals surface area contributed by atoms with Crippen molar-refractivity contribution >= 4 is 40.4 Å². The molecule has 1 fully saturated rings. The number of imide groups is 1. The number of hydrogen-bond donors (Lipinski definition) is 0. The van der Waals surface area contributed by atoms with Gasteiger partial charge < -0.3 is 4.74 Å². The minimum atomic E-state index is -0.779. The number of nitrogens with zero attached hydrogens (tertiary/aromatic N) is 3. The van der Waals surface area contributed by atoms with Crippen LogP contribution in [-0.2, 0) is 11.3 Å². The Morgan fingerprint density at radius 1 is 0.943 bits per heavy atom. The van der Waals surface area contributed by atoms with E-state index in [1.807, 2.05) is 0 Å². The van der Waals surface area contributed by atoms with Gasteiger partial charge in [0.2, 0.25) is 5.75 Å². The van der Waals surface area contributed by atoms with E-state index in [1.54, 1.807) is 12.1 Å². The Labute approximate surface area is 200 Å². The van der Waals surface area contributed by atoms with Crippen molar-refractivity contribution in [2.24, 2.45) is 0 Å². The molecule has 0 N–H and O–H groups in total. The van der Waals surface area contributed by atoms with Gasteiger partial charge in [-0.05, 0) is 59.3 Å². The smallest absolute Gasteiger partial charge is 0.318 e. The third-order valence-electron chi connectivity index (χ3n) is 4.88. The molecule has 1 saturated heterocycles. The monoisotopic (exact) mass is 495 g/mol. The molecule has 2 amide bonds. The number of non-ortho nitro benzene ring substituents is 1. The Morgan fingerprint density at radius 3 is 2.26 bits per heavy atom. The molecule has 0 saturated carbocycles. The minimum Gasteiger partial charge on any atom is -0.450 e. The van der Waals surface area contributed by atoms with Gasteiger partial charge in [0, 0.05) is 6.07 Å². The van der Waals surface area contributed by atoms with E-state index in [1.165, 1.54) is 42.5 Å². The first-order valence-corrected chi connectivity index (χ1v) is 10.7. The van der Waals surface area contributed by atoms with E-state index in [9.17, 15) is 34.2 Å². The third kappa shape index (κ3) is 5.33. The Morgan fingerprint density at radius 2 is 1.63 bits per heavy atom. The zero-order chi connectivity index (χ0) is 25.1. The van der Waals surface area contributed by atoms with Gasteiger partial charge in [-0.1, -0.05) is 24.3 Å². The number of ether oxygens (including phenoxy) is 1. The lowest BCUT2D eigenvalue weighted by Gasteiger charge is -2.12. The van der Waals surface area contributed by atoms with Crippen LogP contribution in [0.3, 0.4) is 0 Å². The standard InChI is InChI=1S/C23H14FN3O7S/c24-16-5-1-15(2-6-16)13-25-22(28)21(35-23(25)29)11-14-3-8-18(9-4-14)34-20-10-7-17(26(30)31)12-19(20)27(32)33/h1-12H,13H2/b21-11-. The lowest BCUT2D eigenvalue weighted by atomic mass is 10.2. The van der Waals surface area contributed by atoms with Crippen LogP contribution >= 0.6 is 11.8 Å². The van der Waals surface area contributed by atoms with Gasteiger partial charge in [0.1, 0.15) is 11.6 Å². The van der Waals surface area contributed by atoms with Crippen molar-refractivity contribution in [2.75, 3.05) is 0 Å². The Kier molecular flexibility index (Phi) is 6.55. The summed E-state index contributed by atoms with van der Waals surface area (Å²) in [4.78, 5) is 46.9. The molecule has 35 heavy (non-hydrogen) atoms. The molecule has 3 aromatic carbocycles. The third-order valence-corrected chi connectivity index (χ3v) is 5.79. The number of nitro benzene ring substituents is 2. The van der Waals surface area contributed by atoms with Gasteiger partial charge in [-0.3, -0.25) is 34.7 Å². The van der Waals surface area contributed by atoms with Crippen LogP contribution in [0, 0.1) is 26.0 Å². The van der Waals surface area contributed by atoms with Crippen LogP contribution in [-0.4, -0.2) is 25.9 Å². The van der Waals surface area contributed by atoms with Gasteiger partial charge in [0.05, 0.1) is 27.4 Å². The van der Waals surface area contributed by atoms with Crippen molar-refractivity contribution in [2.45, 2.75) is 6.54 Å². The second-order valence-corrected chi connectivity index (χ2v) is 8.22. The number of carbonyl (C=O) groups excluding carboxylic acids is 2. The molecule has 10 nitrogen and oxygen atoms in total. The van der Waals surface area contributed by atoms with E-state index in [2.05, 4.69) is 0 Å². The Bertz CT molecular complexity index is 1370. The van der Waals surface area contributed by atoms with Gasteiger partial charge in [0.15, 0.2) is 0 Å². The summed E-state index contributed by atoms with van der Waals surface area (Å²) in [7, 11) is 0. The van der Waals surface area contributed by atoms with E-state index in [-0.39, 0.29) is 22.9 Å². The average molecular weight is 495 g/mol. The van der Waals surface area contributed by atoms with E-state index in [0.717, 1.165) is 34.9 Å². The second-order valence-electron chi connectivity index (χ2n) is 7.23. The molecule has 1 heterocycles. The van der Waals surface area contributed by atoms with Crippen molar-refractivity contribution < 1.29 is 28.6 Å². The maximum absolute atomic E-state index is 13.1. The van der Waals surface area contributed by atoms with Crippen LogP contribution < -0.4 is 4.74 Å². The minimum absolute atomic E-state index is 0.0169. The van der Waals surface area contributed by atoms with Gasteiger partial charge in [-0.15, -0.1) is 0 Å². The number of rotatable bonds is 7. The lowest BCUT2D eigenvalue weighted by molar-refractivity contribution is -0.394. The summed E-state index contributed by atoms with van der Waals surface area (Å²) < 4.78 is 18.6. The maximum atomic E-state index is 13.1. The number of hydrogen-bond acceptors (Lipinski definition) is 8. The highest BCUT2D eigenvalue weighted by Gasteiger charge is 2.35. The topological polar surface area (TPSA) is 133 Å². The van der Waals surface area contributed by atoms with Crippen LogP contribution in [0.5, 0.6) is 11.5 Å². The quantitative estimate of drug-likeness (QED) is 0.233. The molecule has 3 aromatic rings. The number of halogens is 1. The summed E-state index contributed by atoms with van der Waals surface area (Å²) in [6.45, 7) is 0.0169. The van der Waals surface area contributed by atoms with Crippen LogP contribution in [0.2, 0.25) is 0 Å². The first-order valence-electron chi connectivity index (χ1n) is 9.92. The van der Waals surface area contributed by atoms with Crippen molar-refractivity contribution in [1.29, 1.82) is 0 Å². The predicted octanol–water partition coefficient (Wildman–Crippen LogP) is 5.67. The molecule has 0 unspecified atom stereocenters. The maximum Gasteiger partial charge on any atom is 0.318 e. The number of nitro groups is 2. The van der Waals surface area contributed by atoms with E-state index in [0.29, 0.717) is 11.1 Å². The molecule has 0 aliphatic carbocycles. The zero-order valence-corrected chi connectivity index (χ0v) is 18.4. The molecule has 4 rings (SSSR count). The largest absolute Gasteiger partial charge is 0.450 e. The van der Waals surface area contributed by atoms with Gasteiger partial charge in [0.25, 0.3) is 16.8 Å². The summed E-state index contributed by atoms with van der Waals surface area (Å²) in [6.07, 6.45) is 1.52. The molecule has 176 valence electrons. The molecule has 1 aliphatic rings. The van der Waals surface area contributed by atoms with Crippen LogP contribution in [0.25, 0.3) is 6.08 Å². The van der Waals surface area contributed by atoms with E-state index in [4.69, 9.17) is 4.74 Å². The Balaban J connectivity index is 1.48. The lowest BCUT2D eigenvalue weighted by Crippen LogP contribution is -2.27. The van der Waals surface area contributed by atoms with Gasteiger partial charge >= 0.3 is 5.69 Å². The fraction of sp³-hybridized carbons (Fsp3) is 0.0435. The fourth-order valence-electron chi connectivity index (χ4n) is 3.17. The number of benzene rings is 3. The van der Waals surface area contributed by atoms with Crippen LogP contribution in [0.15, 0.2) is 71.6 Å². The Hall–Kier alpha value is -4.58. The molecule has 0 atom stereocenters. The van der Waals surface area contributed by atoms with Crippen molar-refractivity contribution in [3.63, 3.8) is 0 Å². The number of amides is 2. The molecule has 12 heteroatoms. The fourth-order valence-corrected chi connectivity index (χ4v) is 4.01. The molecule has 0 aromatic heterocycles. The highest BCUT2D eigenvalue weighted by Crippen LogP contribution is 2.36. The molecular weight excluding hydrogens is 481 g/mol. The van der Waals surface area contributed by atoms with Crippen molar-refractivity contribution in [3.8, 4) is 11.5 Å². The average Bonchev–Trinajstić information content (AvgIpc) is 3.09. The highest BCUT2D eigenvalue weighted by atomic mass is 32.2. The molecule has 0 radical (unpaired) electrons. The highest BCUT2D eigenvalue weighted by molar-refractivity contribution is 8.18. The van der Waals surface area contributed by atoms with Gasteiger partial charge in [-0.25, -0.2) is 4.39 Å². The van der Waals surface area contributed by atoms with E-state index >= 15 is 0 Å². The number of carbonyl (C=O) groups is 2. The molecular formula is C23H14FN3O7S. The van der Waals surface area contributed by atoms with Crippen molar-refractivity contribution in [1.82, 2.24) is 4.90 Å². The molecule has 1 aliphatic heterocycles. The van der Waals surface area contributed by atoms with E-state index < -0.39 is 38.2 Å². The summed E-state index contributed by atoms with van der Waals surface area (Å²) in [5.41, 5.74) is 0.186. The van der Waals surface area contributed by atoms with Crippen LogP contribution in [0.4, 0.5) is 20.6 Å². The SMILES string of the molecule is O=C1S/C(=C\c2ccc(Oc3ccc([N+](=O)[O-])cc3[N+](=O)[O-])cc2)C(=O)N1Cc1ccc(F)cc1. The van der Waals surface area contributed by atoms with Crippen LogP contribution in [0.1, 0.15) is 11.1 Å². The summed E-state index contributed by atoms with van der Waals surface area (Å²) in [5.74, 6) is -0.844. The van der Waals surface area contributed by atoms with Crippen molar-refractivity contribution in [3.05, 3.63) is 109 Å². The predicted molar refractivity (Wildman–Crippen MR) is 124 cm³/mol. The summed E-state index contributed by atoms with van der Waals surface area (Å²) in [6, 6.07) is 14.7. The second kappa shape index (κ2) is 9.73. The molecule has 0 spiro atoms. The van der Waals surface area contributed by atoms with Gasteiger partial charge in [-0.2, -0.15) is 0 Å². The zero-order valence-electron chi connectivity index (χ0n) is 17.6. The molecule has 0 bridgehead atoms. The summed E-state index contributed by atoms with van der Waals surface area (Å²) >= 11 is 0.778. The summed E-state index contributed by atoms with van der Waals surface area (Å²) in [5, 5.41) is 21.7. The first kappa shape index (κ1) is 23.6. The normalized spacial score (nSPS) is 14.4.